The van der Waals surface area contributed by atoms with Crippen molar-refractivity contribution < 1.29 is 18.0 Å². The molecule has 1 saturated carbocycles. The largest absolute Gasteiger partial charge is 0.416 e. The number of amides is 1. The molecule has 0 bridgehead atoms. The van der Waals surface area contributed by atoms with Crippen LogP contribution in [0.4, 0.5) is 18.9 Å². The van der Waals surface area contributed by atoms with Crippen molar-refractivity contribution in [1.29, 1.82) is 0 Å². The first-order valence-electron chi connectivity index (χ1n) is 11.9. The van der Waals surface area contributed by atoms with Gasteiger partial charge in [0.1, 0.15) is 0 Å². The summed E-state index contributed by atoms with van der Waals surface area (Å²) in [6.07, 6.45) is 1.66. The number of carbonyl (C=O) groups is 1. The number of hydrogen-bond acceptors (Lipinski definition) is 4. The van der Waals surface area contributed by atoms with Crippen LogP contribution in [0.2, 0.25) is 0 Å². The Morgan fingerprint density at radius 1 is 1.15 bits per heavy atom. The third-order valence-electron chi connectivity index (χ3n) is 7.50. The van der Waals surface area contributed by atoms with Crippen molar-refractivity contribution in [3.8, 4) is 0 Å². The van der Waals surface area contributed by atoms with E-state index in [0.717, 1.165) is 31.7 Å². The highest BCUT2D eigenvalue weighted by Crippen LogP contribution is 2.40. The molecule has 178 valence electrons. The number of thiophene rings is 1. The van der Waals surface area contributed by atoms with E-state index in [0.29, 0.717) is 24.6 Å². The monoisotopic (exact) mass is 477 g/mol. The van der Waals surface area contributed by atoms with E-state index in [4.69, 9.17) is 0 Å². The fraction of sp³-hybridized carbons (Fsp3) is 0.560. The zero-order valence-electron chi connectivity index (χ0n) is 18.6. The Morgan fingerprint density at radius 3 is 2.70 bits per heavy atom. The molecule has 2 aromatic rings. The second kappa shape index (κ2) is 9.29. The Kier molecular flexibility index (Phi) is 6.40. The Balaban J connectivity index is 1.38. The van der Waals surface area contributed by atoms with Crippen molar-refractivity contribution in [2.45, 2.75) is 56.8 Å². The van der Waals surface area contributed by atoms with Crippen molar-refractivity contribution in [3.05, 3.63) is 51.7 Å². The number of nitrogens with zero attached hydrogens (tertiary/aromatic N) is 2. The number of fused-ring (bicyclic) bond motifs is 3. The number of halogens is 3. The zero-order chi connectivity index (χ0) is 23.0. The van der Waals surface area contributed by atoms with Crippen LogP contribution in [-0.4, -0.2) is 49.1 Å². The summed E-state index contributed by atoms with van der Waals surface area (Å²) < 4.78 is 40.1. The first-order valence-corrected chi connectivity index (χ1v) is 12.8. The van der Waals surface area contributed by atoms with Crippen LogP contribution in [0.5, 0.6) is 0 Å². The van der Waals surface area contributed by atoms with Crippen molar-refractivity contribution in [1.82, 2.24) is 10.2 Å². The molecule has 2 fully saturated rings. The van der Waals surface area contributed by atoms with E-state index in [1.54, 1.807) is 17.4 Å². The van der Waals surface area contributed by atoms with Gasteiger partial charge in [0.25, 0.3) is 0 Å². The Hall–Kier alpha value is -2.06. The summed E-state index contributed by atoms with van der Waals surface area (Å²) in [5.74, 6) is -0.397. The number of anilines is 1. The van der Waals surface area contributed by atoms with E-state index in [1.807, 2.05) is 11.4 Å². The van der Waals surface area contributed by atoms with Gasteiger partial charge in [0.05, 0.1) is 17.5 Å². The summed E-state index contributed by atoms with van der Waals surface area (Å²) >= 11 is 1.66. The zero-order valence-corrected chi connectivity index (χ0v) is 19.4. The van der Waals surface area contributed by atoms with E-state index in [2.05, 4.69) is 21.2 Å². The van der Waals surface area contributed by atoms with Crippen molar-refractivity contribution >= 4 is 22.9 Å². The maximum Gasteiger partial charge on any atom is 0.416 e. The molecule has 1 aliphatic carbocycles. The lowest BCUT2D eigenvalue weighted by atomic mass is 9.82. The molecule has 8 heteroatoms. The first kappa shape index (κ1) is 22.7. The predicted octanol–water partition coefficient (Wildman–Crippen LogP) is 4.73. The third kappa shape index (κ3) is 4.78. The lowest BCUT2D eigenvalue weighted by Gasteiger charge is -2.50. The van der Waals surface area contributed by atoms with Crippen molar-refractivity contribution in [3.63, 3.8) is 0 Å². The van der Waals surface area contributed by atoms with Gasteiger partial charge in [-0.25, -0.2) is 0 Å². The Morgan fingerprint density at radius 2 is 1.97 bits per heavy atom. The minimum atomic E-state index is -4.38. The molecule has 1 N–H and O–H groups in total. The van der Waals surface area contributed by atoms with E-state index >= 15 is 0 Å². The predicted molar refractivity (Wildman–Crippen MR) is 125 cm³/mol. The van der Waals surface area contributed by atoms with Crippen LogP contribution in [0.3, 0.4) is 0 Å². The van der Waals surface area contributed by atoms with E-state index in [-0.39, 0.29) is 17.9 Å². The number of hydrogen-bond donors (Lipinski definition) is 1. The van der Waals surface area contributed by atoms with Gasteiger partial charge in [-0.2, -0.15) is 13.2 Å². The highest BCUT2D eigenvalue weighted by atomic mass is 32.1. The van der Waals surface area contributed by atoms with Crippen LogP contribution >= 0.6 is 11.3 Å². The van der Waals surface area contributed by atoms with Gasteiger partial charge in [0.15, 0.2) is 0 Å². The Bertz CT molecular complexity index is 972. The molecule has 2 atom stereocenters. The smallest absolute Gasteiger partial charge is 0.365 e. The van der Waals surface area contributed by atoms with Crippen LogP contribution in [0.1, 0.15) is 41.7 Å². The highest BCUT2D eigenvalue weighted by molar-refractivity contribution is 7.09. The summed E-state index contributed by atoms with van der Waals surface area (Å²) in [5, 5.41) is 5.10. The van der Waals surface area contributed by atoms with Gasteiger partial charge in [-0.3, -0.25) is 9.69 Å². The molecule has 3 aliphatic rings. The molecule has 0 radical (unpaired) electrons. The molecular formula is C25H30F3N3OS. The van der Waals surface area contributed by atoms with Crippen molar-refractivity contribution in [2.75, 3.05) is 31.1 Å². The van der Waals surface area contributed by atoms with Gasteiger partial charge in [-0.1, -0.05) is 18.9 Å². The van der Waals surface area contributed by atoms with E-state index in [9.17, 15) is 18.0 Å². The summed E-state index contributed by atoms with van der Waals surface area (Å²) in [6, 6.07) is 8.65. The maximum absolute atomic E-state index is 13.4. The second-order valence-electron chi connectivity index (χ2n) is 9.47. The van der Waals surface area contributed by atoms with Gasteiger partial charge < -0.3 is 10.2 Å². The van der Waals surface area contributed by atoms with Crippen LogP contribution < -0.4 is 10.2 Å². The van der Waals surface area contributed by atoms with Gasteiger partial charge in [-0.05, 0) is 60.9 Å². The van der Waals surface area contributed by atoms with E-state index in [1.165, 1.54) is 42.7 Å². The molecule has 1 saturated heterocycles. The number of benzene rings is 1. The number of carbonyl (C=O) groups excluding carboxylic acids is 1. The molecule has 1 aromatic carbocycles. The number of rotatable bonds is 5. The van der Waals surface area contributed by atoms with Crippen LogP contribution in [0, 0.1) is 5.92 Å². The van der Waals surface area contributed by atoms with Crippen LogP contribution in [0.25, 0.3) is 0 Å². The normalized spacial score (nSPS) is 23.9. The topological polar surface area (TPSA) is 35.6 Å². The minimum Gasteiger partial charge on any atom is -0.365 e. The van der Waals surface area contributed by atoms with Crippen LogP contribution in [-0.2, 0) is 23.8 Å². The highest BCUT2D eigenvalue weighted by Gasteiger charge is 2.43. The summed E-state index contributed by atoms with van der Waals surface area (Å²) in [5.41, 5.74) is 0.858. The molecule has 3 heterocycles. The number of alkyl halides is 3. The molecule has 1 aromatic heterocycles. The molecule has 4 nitrogen and oxygen atoms in total. The molecule has 0 spiro atoms. The lowest BCUT2D eigenvalue weighted by molar-refractivity contribution is -0.137. The minimum absolute atomic E-state index is 0.00896. The SMILES string of the molecule is O=C(NCCc1cccs1)[C@@H]1Cc2cc(C(F)(F)F)ccc2N2CCN(C3CCCC3)C[C@H]12. The van der Waals surface area contributed by atoms with Gasteiger partial charge in [0, 0.05) is 42.8 Å². The number of piperazine rings is 1. The fourth-order valence-electron chi connectivity index (χ4n) is 5.82. The maximum atomic E-state index is 13.4. The fourth-order valence-corrected chi connectivity index (χ4v) is 6.53. The van der Waals surface area contributed by atoms with Crippen molar-refractivity contribution in [2.24, 2.45) is 5.92 Å². The second-order valence-corrected chi connectivity index (χ2v) is 10.5. The first-order chi connectivity index (χ1) is 15.9. The molecule has 33 heavy (non-hydrogen) atoms. The number of nitrogens with one attached hydrogen (secondary N) is 1. The van der Waals surface area contributed by atoms with E-state index < -0.39 is 11.7 Å². The summed E-state index contributed by atoms with van der Waals surface area (Å²) in [4.78, 5) is 19.3. The lowest BCUT2D eigenvalue weighted by Crippen LogP contribution is -2.62. The molecule has 0 unspecified atom stereocenters. The molecular weight excluding hydrogens is 447 g/mol. The average Bonchev–Trinajstić information content (AvgIpc) is 3.51. The molecule has 1 amide bonds. The quantitative estimate of drug-likeness (QED) is 0.676. The van der Waals surface area contributed by atoms with Gasteiger partial charge >= 0.3 is 6.18 Å². The van der Waals surface area contributed by atoms with Crippen LogP contribution in [0.15, 0.2) is 35.7 Å². The molecule has 5 rings (SSSR count). The standard InChI is InChI=1S/C25H30F3N3OS/c26-25(27,28)18-7-8-22-17(14-18)15-21(24(32)29-10-9-20-6-3-13-33-20)23-16-30(11-12-31(22)23)19-4-1-2-5-19/h3,6-8,13-14,19,21,23H,1-2,4-5,9-12,15-16H2,(H,29,32)/t21-,23-/m1/s1. The summed E-state index contributed by atoms with van der Waals surface area (Å²) in [6.45, 7) is 2.99. The summed E-state index contributed by atoms with van der Waals surface area (Å²) in [7, 11) is 0. The third-order valence-corrected chi connectivity index (χ3v) is 8.44. The Labute approximate surface area is 196 Å². The van der Waals surface area contributed by atoms with Gasteiger partial charge in [-0.15, -0.1) is 11.3 Å². The van der Waals surface area contributed by atoms with Gasteiger partial charge in [0.2, 0.25) is 5.91 Å². The molecule has 2 aliphatic heterocycles. The average molecular weight is 478 g/mol.